The van der Waals surface area contributed by atoms with Crippen molar-refractivity contribution in [2.75, 3.05) is 0 Å². The van der Waals surface area contributed by atoms with Gasteiger partial charge in [-0.2, -0.15) is 0 Å². The van der Waals surface area contributed by atoms with Gasteiger partial charge in [-0.1, -0.05) is 121 Å². The maximum atomic E-state index is 4.70. The lowest BCUT2D eigenvalue weighted by Crippen LogP contribution is -1.89. The second kappa shape index (κ2) is 8.95. The van der Waals surface area contributed by atoms with Crippen LogP contribution in [0.25, 0.3) is 87.1 Å². The summed E-state index contributed by atoms with van der Waals surface area (Å²) >= 11 is 0. The lowest BCUT2D eigenvalue weighted by atomic mass is 9.91. The van der Waals surface area contributed by atoms with Crippen molar-refractivity contribution in [3.05, 3.63) is 146 Å². The van der Waals surface area contributed by atoms with E-state index in [1.807, 2.05) is 0 Å². The molecule has 8 aromatic carbocycles. The van der Waals surface area contributed by atoms with Gasteiger partial charge in [-0.25, -0.2) is 0 Å². The van der Waals surface area contributed by atoms with Gasteiger partial charge in [-0.3, -0.25) is 9.97 Å². The van der Waals surface area contributed by atoms with Crippen molar-refractivity contribution in [3.63, 3.8) is 0 Å². The van der Waals surface area contributed by atoms with Crippen molar-refractivity contribution >= 4 is 64.9 Å². The highest BCUT2D eigenvalue weighted by Gasteiger charge is 2.12. The van der Waals surface area contributed by atoms with Gasteiger partial charge in [-0.15, -0.1) is 0 Å². The standard InChI is InChI=1S/C40H24N2/c1-2-9-31-29(7-1)30-8-3-4-10-32(30)37-23-27(17-19-34(31)37)25-13-15-26(16-14-25)28-18-20-36-38(24-28)33-11-5-6-12-35(33)39-40(36)42-22-21-41-39/h1-24H. The van der Waals surface area contributed by atoms with Gasteiger partial charge in [0.15, 0.2) is 0 Å². The predicted molar refractivity (Wildman–Crippen MR) is 178 cm³/mol. The molecule has 1 aromatic heterocycles. The zero-order valence-corrected chi connectivity index (χ0v) is 22.8. The summed E-state index contributed by atoms with van der Waals surface area (Å²) in [5.74, 6) is 0. The van der Waals surface area contributed by atoms with E-state index in [1.165, 1.54) is 65.3 Å². The number of nitrogens with zero attached hydrogens (tertiary/aromatic N) is 2. The van der Waals surface area contributed by atoms with E-state index in [-0.39, 0.29) is 0 Å². The fourth-order valence-electron chi connectivity index (χ4n) is 6.75. The molecule has 2 nitrogen and oxygen atoms in total. The molecule has 9 rings (SSSR count). The molecule has 42 heavy (non-hydrogen) atoms. The largest absolute Gasteiger partial charge is 0.252 e. The van der Waals surface area contributed by atoms with Crippen LogP contribution in [0.1, 0.15) is 0 Å². The Morgan fingerprint density at radius 2 is 0.571 bits per heavy atom. The Bertz CT molecular complexity index is 2260. The quantitative estimate of drug-likeness (QED) is 0.207. The maximum absolute atomic E-state index is 4.70. The first-order valence-corrected chi connectivity index (χ1v) is 14.3. The molecule has 0 radical (unpaired) electrons. The second-order valence-electron chi connectivity index (χ2n) is 11.0. The Balaban J connectivity index is 1.17. The highest BCUT2D eigenvalue weighted by Crippen LogP contribution is 2.38. The minimum atomic E-state index is 0.949. The van der Waals surface area contributed by atoms with Crippen LogP contribution in [0.15, 0.2) is 146 Å². The minimum absolute atomic E-state index is 0.949. The number of rotatable bonds is 2. The molecule has 2 heteroatoms. The van der Waals surface area contributed by atoms with Gasteiger partial charge in [0.05, 0.1) is 11.0 Å². The SMILES string of the molecule is c1ccc2c(c1)c1ccccc1c1cc(-c3ccc(-c4ccc5c(c4)c4ccccc4c4nccnc54)cc3)ccc21. The predicted octanol–water partition coefficient (Wildman–Crippen LogP) is 10.7. The lowest BCUT2D eigenvalue weighted by molar-refractivity contribution is 1.31. The molecule has 0 aliphatic carbocycles. The van der Waals surface area contributed by atoms with Crippen molar-refractivity contribution in [1.29, 1.82) is 0 Å². The molecule has 0 saturated carbocycles. The van der Waals surface area contributed by atoms with Crippen molar-refractivity contribution in [2.45, 2.75) is 0 Å². The summed E-state index contributed by atoms with van der Waals surface area (Å²) < 4.78 is 0. The van der Waals surface area contributed by atoms with Gasteiger partial charge in [0.1, 0.15) is 0 Å². The van der Waals surface area contributed by atoms with Crippen LogP contribution >= 0.6 is 0 Å². The molecule has 194 valence electrons. The van der Waals surface area contributed by atoms with Gasteiger partial charge in [0, 0.05) is 23.2 Å². The zero-order valence-electron chi connectivity index (χ0n) is 22.8. The molecule has 0 spiro atoms. The summed E-state index contributed by atoms with van der Waals surface area (Å²) in [6.07, 6.45) is 3.55. The van der Waals surface area contributed by atoms with E-state index in [1.54, 1.807) is 12.4 Å². The molecular formula is C40H24N2. The summed E-state index contributed by atoms with van der Waals surface area (Å²) in [4.78, 5) is 9.37. The smallest absolute Gasteiger partial charge is 0.0971 e. The number of fused-ring (bicyclic) bond motifs is 12. The Hall–Kier alpha value is -5.60. The highest BCUT2D eigenvalue weighted by atomic mass is 14.8. The summed E-state index contributed by atoms with van der Waals surface area (Å²) in [6, 6.07) is 48.5. The van der Waals surface area contributed by atoms with Crippen LogP contribution in [-0.2, 0) is 0 Å². The molecule has 0 bridgehead atoms. The van der Waals surface area contributed by atoms with Gasteiger partial charge < -0.3 is 0 Å². The van der Waals surface area contributed by atoms with E-state index in [4.69, 9.17) is 4.98 Å². The van der Waals surface area contributed by atoms with E-state index in [0.717, 1.165) is 21.8 Å². The Labute approximate surface area is 242 Å². The Kier molecular flexibility index (Phi) is 4.93. The van der Waals surface area contributed by atoms with Crippen molar-refractivity contribution in [1.82, 2.24) is 9.97 Å². The third-order valence-electron chi connectivity index (χ3n) is 8.74. The molecule has 0 fully saturated rings. The van der Waals surface area contributed by atoms with E-state index in [2.05, 4.69) is 138 Å². The average Bonchev–Trinajstić information content (AvgIpc) is 3.08. The number of hydrogen-bond acceptors (Lipinski definition) is 2. The van der Waals surface area contributed by atoms with Crippen molar-refractivity contribution in [3.8, 4) is 22.3 Å². The minimum Gasteiger partial charge on any atom is -0.252 e. The maximum Gasteiger partial charge on any atom is 0.0971 e. The summed E-state index contributed by atoms with van der Waals surface area (Å²) in [5, 5.41) is 12.5. The first kappa shape index (κ1) is 23.1. The number of hydrogen-bond donors (Lipinski definition) is 0. The molecule has 9 aromatic rings. The van der Waals surface area contributed by atoms with Crippen LogP contribution in [0.5, 0.6) is 0 Å². The fraction of sp³-hybridized carbons (Fsp3) is 0. The van der Waals surface area contributed by atoms with Gasteiger partial charge in [-0.05, 0) is 77.5 Å². The fourth-order valence-corrected chi connectivity index (χ4v) is 6.75. The molecular weight excluding hydrogens is 508 g/mol. The lowest BCUT2D eigenvalue weighted by Gasteiger charge is -2.13. The first-order valence-electron chi connectivity index (χ1n) is 14.3. The molecule has 1 heterocycles. The zero-order chi connectivity index (χ0) is 27.6. The molecule has 0 aliphatic rings. The van der Waals surface area contributed by atoms with Crippen molar-refractivity contribution < 1.29 is 0 Å². The van der Waals surface area contributed by atoms with Gasteiger partial charge in [0.25, 0.3) is 0 Å². The topological polar surface area (TPSA) is 25.8 Å². The normalized spacial score (nSPS) is 11.8. The molecule has 0 atom stereocenters. The summed E-state index contributed by atoms with van der Waals surface area (Å²) in [5.41, 5.74) is 6.73. The van der Waals surface area contributed by atoms with Gasteiger partial charge >= 0.3 is 0 Å². The van der Waals surface area contributed by atoms with E-state index < -0.39 is 0 Å². The number of benzene rings is 8. The summed E-state index contributed by atoms with van der Waals surface area (Å²) in [7, 11) is 0. The van der Waals surface area contributed by atoms with Crippen LogP contribution in [-0.4, -0.2) is 9.97 Å². The van der Waals surface area contributed by atoms with Crippen molar-refractivity contribution in [2.24, 2.45) is 0 Å². The number of aromatic nitrogens is 2. The van der Waals surface area contributed by atoms with Crippen LogP contribution in [0.4, 0.5) is 0 Å². The second-order valence-corrected chi connectivity index (χ2v) is 11.0. The van der Waals surface area contributed by atoms with Crippen LogP contribution in [0, 0.1) is 0 Å². The van der Waals surface area contributed by atoms with E-state index in [9.17, 15) is 0 Å². The average molecular weight is 533 g/mol. The molecule has 0 aliphatic heterocycles. The van der Waals surface area contributed by atoms with E-state index in [0.29, 0.717) is 0 Å². The Morgan fingerprint density at radius 1 is 0.262 bits per heavy atom. The molecule has 0 saturated heterocycles. The monoisotopic (exact) mass is 532 g/mol. The molecule has 0 amide bonds. The van der Waals surface area contributed by atoms with E-state index >= 15 is 0 Å². The van der Waals surface area contributed by atoms with Crippen LogP contribution in [0.2, 0.25) is 0 Å². The molecule has 0 N–H and O–H groups in total. The van der Waals surface area contributed by atoms with Crippen LogP contribution in [0.3, 0.4) is 0 Å². The molecule has 0 unspecified atom stereocenters. The first-order chi connectivity index (χ1) is 20.8. The Morgan fingerprint density at radius 3 is 1.07 bits per heavy atom. The highest BCUT2D eigenvalue weighted by molar-refractivity contribution is 6.26. The van der Waals surface area contributed by atoms with Gasteiger partial charge in [0.2, 0.25) is 0 Å². The third-order valence-corrected chi connectivity index (χ3v) is 8.74. The van der Waals surface area contributed by atoms with Crippen LogP contribution < -0.4 is 0 Å². The third kappa shape index (κ3) is 3.39. The summed E-state index contributed by atoms with van der Waals surface area (Å²) in [6.45, 7) is 0.